The molecule has 0 saturated carbocycles. The second-order valence-electron chi connectivity index (χ2n) is 5.40. The van der Waals surface area contributed by atoms with Crippen LogP contribution in [0.2, 0.25) is 0 Å². The maximum Gasteiger partial charge on any atom is 0.251 e. The predicted molar refractivity (Wildman–Crippen MR) is 76.4 cm³/mol. The molecule has 2 N–H and O–H groups in total. The molecule has 2 amide bonds. The van der Waals surface area contributed by atoms with Crippen LogP contribution >= 0.6 is 0 Å². The Balaban J connectivity index is 1.74. The molecule has 21 heavy (non-hydrogen) atoms. The molecule has 1 aliphatic heterocycles. The number of aryl methyl sites for hydroxylation is 1. The summed E-state index contributed by atoms with van der Waals surface area (Å²) >= 11 is 0. The Hall–Kier alpha value is -1.89. The summed E-state index contributed by atoms with van der Waals surface area (Å²) in [4.78, 5) is 29.3. The maximum atomic E-state index is 11.9. The molecule has 1 aliphatic rings. The largest absolute Gasteiger partial charge is 0.383 e. The van der Waals surface area contributed by atoms with E-state index >= 15 is 0 Å². The van der Waals surface area contributed by atoms with Crippen molar-refractivity contribution in [3.8, 4) is 0 Å². The molecule has 1 unspecified atom stereocenters. The fourth-order valence-corrected chi connectivity index (χ4v) is 2.40. The van der Waals surface area contributed by atoms with Crippen LogP contribution in [0.4, 0.5) is 0 Å². The summed E-state index contributed by atoms with van der Waals surface area (Å²) in [6.07, 6.45) is 5.43. The van der Waals surface area contributed by atoms with Gasteiger partial charge in [0.15, 0.2) is 0 Å². The van der Waals surface area contributed by atoms with Crippen LogP contribution in [0.1, 0.15) is 25.0 Å². The highest BCUT2D eigenvalue weighted by Gasteiger charge is 2.26. The van der Waals surface area contributed by atoms with Crippen LogP contribution < -0.4 is 5.32 Å². The summed E-state index contributed by atoms with van der Waals surface area (Å²) in [6, 6.07) is 0. The first kappa shape index (κ1) is 15.5. The molecular formula is C14H22N4O3. The lowest BCUT2D eigenvalue weighted by molar-refractivity contribution is -0.142. The Morgan fingerprint density at radius 3 is 3.05 bits per heavy atom. The minimum absolute atomic E-state index is 0.0120. The highest BCUT2D eigenvalue weighted by atomic mass is 16.3. The van der Waals surface area contributed by atoms with Crippen molar-refractivity contribution >= 4 is 11.8 Å². The normalized spacial score (nSPS) is 19.4. The molecule has 2 rings (SSSR count). The van der Waals surface area contributed by atoms with E-state index < -0.39 is 6.10 Å². The molecule has 7 nitrogen and oxygen atoms in total. The molecule has 1 aromatic rings. The number of rotatable bonds is 5. The van der Waals surface area contributed by atoms with Crippen LogP contribution in [0.25, 0.3) is 0 Å². The second-order valence-corrected chi connectivity index (χ2v) is 5.40. The quantitative estimate of drug-likeness (QED) is 0.763. The van der Waals surface area contributed by atoms with Crippen LogP contribution in [0.5, 0.6) is 0 Å². The van der Waals surface area contributed by atoms with Gasteiger partial charge in [-0.1, -0.05) is 0 Å². The van der Waals surface area contributed by atoms with Crippen molar-refractivity contribution in [1.82, 2.24) is 19.8 Å². The van der Waals surface area contributed by atoms with Crippen LogP contribution in [0, 0.1) is 0 Å². The van der Waals surface area contributed by atoms with Gasteiger partial charge in [-0.2, -0.15) is 0 Å². The van der Waals surface area contributed by atoms with Crippen molar-refractivity contribution in [2.75, 3.05) is 19.6 Å². The summed E-state index contributed by atoms with van der Waals surface area (Å²) in [5.74, 6) is -0.541. The third kappa shape index (κ3) is 4.56. The zero-order valence-corrected chi connectivity index (χ0v) is 12.3. The number of aliphatic hydroxyl groups is 1. The number of hydrogen-bond acceptors (Lipinski definition) is 4. The summed E-state index contributed by atoms with van der Waals surface area (Å²) in [5, 5.41) is 12.4. The van der Waals surface area contributed by atoms with Gasteiger partial charge in [0.25, 0.3) is 5.91 Å². The van der Waals surface area contributed by atoms with E-state index in [-0.39, 0.29) is 18.4 Å². The third-order valence-corrected chi connectivity index (χ3v) is 3.55. The number of aromatic nitrogens is 2. The Bertz CT molecular complexity index is 500. The number of aliphatic hydroxyl groups excluding tert-OH is 1. The van der Waals surface area contributed by atoms with Gasteiger partial charge < -0.3 is 19.9 Å². The molecule has 116 valence electrons. The van der Waals surface area contributed by atoms with E-state index in [1.165, 1.54) is 4.90 Å². The smallest absolute Gasteiger partial charge is 0.251 e. The lowest BCUT2D eigenvalue weighted by Crippen LogP contribution is -2.44. The van der Waals surface area contributed by atoms with E-state index in [4.69, 9.17) is 0 Å². The molecule has 0 aliphatic carbocycles. The maximum absolute atomic E-state index is 11.9. The highest BCUT2D eigenvalue weighted by molar-refractivity contribution is 5.87. The number of nitrogens with one attached hydrogen (secondary N) is 1. The summed E-state index contributed by atoms with van der Waals surface area (Å²) in [7, 11) is 1.89. The first-order chi connectivity index (χ1) is 10.1. The van der Waals surface area contributed by atoms with Gasteiger partial charge in [-0.05, 0) is 19.3 Å². The zero-order valence-electron chi connectivity index (χ0n) is 12.3. The Kier molecular flexibility index (Phi) is 5.32. The number of carbonyl (C=O) groups is 2. The third-order valence-electron chi connectivity index (χ3n) is 3.55. The van der Waals surface area contributed by atoms with Crippen molar-refractivity contribution in [2.24, 2.45) is 7.05 Å². The van der Waals surface area contributed by atoms with Gasteiger partial charge in [0.2, 0.25) is 5.91 Å². The molecule has 1 fully saturated rings. The Morgan fingerprint density at radius 2 is 2.33 bits per heavy atom. The summed E-state index contributed by atoms with van der Waals surface area (Å²) < 4.78 is 1.86. The summed E-state index contributed by atoms with van der Waals surface area (Å²) in [5.41, 5.74) is 0.916. The average molecular weight is 294 g/mol. The number of likely N-dealkylation sites (tertiary alicyclic amines) is 1. The molecule has 1 aromatic heterocycles. The van der Waals surface area contributed by atoms with Crippen molar-refractivity contribution in [1.29, 1.82) is 0 Å². The van der Waals surface area contributed by atoms with Gasteiger partial charge in [-0.15, -0.1) is 0 Å². The molecule has 0 aromatic carbocycles. The number of imidazole rings is 1. The Morgan fingerprint density at radius 1 is 1.52 bits per heavy atom. The van der Waals surface area contributed by atoms with Crippen molar-refractivity contribution in [3.63, 3.8) is 0 Å². The molecule has 0 spiro atoms. The molecule has 1 saturated heterocycles. The van der Waals surface area contributed by atoms with E-state index in [1.807, 2.05) is 17.8 Å². The van der Waals surface area contributed by atoms with E-state index in [1.54, 1.807) is 6.33 Å². The van der Waals surface area contributed by atoms with Crippen LogP contribution in [-0.2, 0) is 23.1 Å². The summed E-state index contributed by atoms with van der Waals surface area (Å²) in [6.45, 7) is 1.03. The standard InChI is InChI=1S/C14H22N4O3/c1-17-8-11(16-10-17)5-6-15-13(20)9-18-7-3-2-4-12(19)14(18)21/h8,10,12,19H,2-7,9H2,1H3,(H,15,20). The lowest BCUT2D eigenvalue weighted by Gasteiger charge is -2.21. The van der Waals surface area contributed by atoms with Crippen LogP contribution in [0.15, 0.2) is 12.5 Å². The number of carbonyl (C=O) groups excluding carboxylic acids is 2. The molecular weight excluding hydrogens is 272 g/mol. The lowest BCUT2D eigenvalue weighted by atomic mass is 10.2. The number of nitrogens with zero attached hydrogens (tertiary/aromatic N) is 3. The van der Waals surface area contributed by atoms with Gasteiger partial charge >= 0.3 is 0 Å². The monoisotopic (exact) mass is 294 g/mol. The number of hydrogen-bond donors (Lipinski definition) is 2. The molecule has 7 heteroatoms. The van der Waals surface area contributed by atoms with Crippen molar-refractivity contribution in [2.45, 2.75) is 31.8 Å². The van der Waals surface area contributed by atoms with Crippen molar-refractivity contribution in [3.05, 3.63) is 18.2 Å². The molecule has 0 radical (unpaired) electrons. The predicted octanol–water partition coefficient (Wildman–Crippen LogP) is -0.548. The average Bonchev–Trinajstić information content (AvgIpc) is 2.79. The van der Waals surface area contributed by atoms with Gasteiger partial charge in [0, 0.05) is 32.8 Å². The van der Waals surface area contributed by atoms with Crippen LogP contribution in [0.3, 0.4) is 0 Å². The van der Waals surface area contributed by atoms with Crippen LogP contribution in [-0.4, -0.2) is 57.1 Å². The van der Waals surface area contributed by atoms with Crippen molar-refractivity contribution < 1.29 is 14.7 Å². The topological polar surface area (TPSA) is 87.5 Å². The zero-order chi connectivity index (χ0) is 15.2. The highest BCUT2D eigenvalue weighted by Crippen LogP contribution is 2.11. The molecule has 1 atom stereocenters. The fourth-order valence-electron chi connectivity index (χ4n) is 2.40. The first-order valence-electron chi connectivity index (χ1n) is 7.26. The second kappa shape index (κ2) is 7.21. The fraction of sp³-hybridized carbons (Fsp3) is 0.643. The Labute approximate surface area is 124 Å². The van der Waals surface area contributed by atoms with Gasteiger partial charge in [0.1, 0.15) is 6.10 Å². The minimum Gasteiger partial charge on any atom is -0.383 e. The van der Waals surface area contributed by atoms with E-state index in [2.05, 4.69) is 10.3 Å². The van der Waals surface area contributed by atoms with Gasteiger partial charge in [0.05, 0.1) is 18.6 Å². The molecule has 0 bridgehead atoms. The minimum atomic E-state index is -0.964. The van der Waals surface area contributed by atoms with E-state index in [9.17, 15) is 14.7 Å². The van der Waals surface area contributed by atoms with E-state index in [0.717, 1.165) is 18.5 Å². The van der Waals surface area contributed by atoms with E-state index in [0.29, 0.717) is 25.9 Å². The SMILES string of the molecule is Cn1cnc(CCNC(=O)CN2CCCCC(O)C2=O)c1. The van der Waals surface area contributed by atoms with Gasteiger partial charge in [-0.25, -0.2) is 4.98 Å². The van der Waals surface area contributed by atoms with Gasteiger partial charge in [-0.3, -0.25) is 9.59 Å². The molecule has 2 heterocycles. The first-order valence-corrected chi connectivity index (χ1v) is 7.26. The number of amides is 2.